The molecule has 3 unspecified atom stereocenters. The molecule has 1 aliphatic carbocycles. The van der Waals surface area contributed by atoms with Gasteiger partial charge in [-0.3, -0.25) is 4.79 Å². The number of fused-ring (bicyclic) bond motifs is 3. The van der Waals surface area contributed by atoms with Gasteiger partial charge >= 0.3 is 12.1 Å². The summed E-state index contributed by atoms with van der Waals surface area (Å²) in [4.78, 5) is 38.6. The molecular formula is C27H32N2O5S. The van der Waals surface area contributed by atoms with E-state index in [0.717, 1.165) is 24.0 Å². The zero-order valence-corrected chi connectivity index (χ0v) is 20.9. The Morgan fingerprint density at radius 1 is 1.11 bits per heavy atom. The van der Waals surface area contributed by atoms with Crippen molar-refractivity contribution in [1.29, 1.82) is 0 Å². The van der Waals surface area contributed by atoms with E-state index in [1.54, 1.807) is 6.92 Å². The lowest BCUT2D eigenvalue weighted by molar-refractivity contribution is -0.150. The van der Waals surface area contributed by atoms with E-state index >= 15 is 0 Å². The molecule has 3 atom stereocenters. The number of aliphatic carboxylic acids is 1. The van der Waals surface area contributed by atoms with Crippen LogP contribution in [0, 0.1) is 5.92 Å². The maximum Gasteiger partial charge on any atom is 0.407 e. The first-order chi connectivity index (χ1) is 16.9. The van der Waals surface area contributed by atoms with Crippen molar-refractivity contribution in [1.82, 2.24) is 10.2 Å². The van der Waals surface area contributed by atoms with Crippen molar-refractivity contribution in [2.24, 2.45) is 5.92 Å². The first kappa shape index (κ1) is 25.1. The van der Waals surface area contributed by atoms with E-state index in [1.165, 1.54) is 27.8 Å². The Kier molecular flexibility index (Phi) is 8.00. The monoisotopic (exact) mass is 496 g/mol. The van der Waals surface area contributed by atoms with E-state index in [0.29, 0.717) is 12.2 Å². The minimum absolute atomic E-state index is 0.00947. The lowest BCUT2D eigenvalue weighted by atomic mass is 9.98. The summed E-state index contributed by atoms with van der Waals surface area (Å²) in [5.74, 6) is -1.13. The summed E-state index contributed by atoms with van der Waals surface area (Å²) in [7, 11) is 0. The zero-order chi connectivity index (χ0) is 24.9. The Hall–Kier alpha value is -3.00. The highest BCUT2D eigenvalue weighted by Gasteiger charge is 2.42. The van der Waals surface area contributed by atoms with Crippen LogP contribution < -0.4 is 5.32 Å². The third-order valence-corrected chi connectivity index (χ3v) is 8.14. The molecule has 1 heterocycles. The second kappa shape index (κ2) is 11.2. The number of thioether (sulfide) groups is 1. The summed E-state index contributed by atoms with van der Waals surface area (Å²) in [6, 6.07) is 15.5. The van der Waals surface area contributed by atoms with Crippen LogP contribution >= 0.6 is 11.8 Å². The van der Waals surface area contributed by atoms with E-state index < -0.39 is 24.0 Å². The number of rotatable bonds is 9. The Balaban J connectivity index is 1.28. The second-order valence-electron chi connectivity index (χ2n) is 9.12. The molecule has 8 heteroatoms. The molecule has 0 bridgehead atoms. The Morgan fingerprint density at radius 2 is 1.74 bits per heavy atom. The lowest BCUT2D eigenvalue weighted by Gasteiger charge is -2.29. The quantitative estimate of drug-likeness (QED) is 0.522. The topological polar surface area (TPSA) is 95.9 Å². The molecule has 2 aliphatic rings. The van der Waals surface area contributed by atoms with Gasteiger partial charge in [-0.05, 0) is 35.1 Å². The molecule has 1 aliphatic heterocycles. The van der Waals surface area contributed by atoms with Crippen molar-refractivity contribution in [3.8, 4) is 11.1 Å². The summed E-state index contributed by atoms with van der Waals surface area (Å²) in [5.41, 5.74) is 4.65. The molecule has 2 N–H and O–H groups in total. The largest absolute Gasteiger partial charge is 0.480 e. The number of amides is 2. The lowest BCUT2D eigenvalue weighted by Crippen LogP contribution is -2.48. The van der Waals surface area contributed by atoms with Crippen molar-refractivity contribution < 1.29 is 24.2 Å². The average Bonchev–Trinajstić information content (AvgIpc) is 3.42. The minimum atomic E-state index is -0.964. The number of benzene rings is 2. The molecule has 2 amide bonds. The highest BCUT2D eigenvalue weighted by atomic mass is 32.2. The molecule has 0 radical (unpaired) electrons. The van der Waals surface area contributed by atoms with Gasteiger partial charge in [-0.15, -0.1) is 11.8 Å². The van der Waals surface area contributed by atoms with Gasteiger partial charge in [0.2, 0.25) is 5.91 Å². The first-order valence-corrected chi connectivity index (χ1v) is 13.2. The van der Waals surface area contributed by atoms with Crippen molar-refractivity contribution in [2.45, 2.75) is 50.4 Å². The summed E-state index contributed by atoms with van der Waals surface area (Å²) in [6.45, 7) is 4.32. The third-order valence-electron chi connectivity index (χ3n) is 6.78. The SMILES string of the molecule is CCCC1SCC(C(=O)O)N1C(=O)C(C)CCNC(=O)OCC1c2ccccc2-c2ccccc21. The fraction of sp³-hybridized carbons (Fsp3) is 0.444. The van der Waals surface area contributed by atoms with Gasteiger partial charge in [0.15, 0.2) is 0 Å². The fourth-order valence-electron chi connectivity index (χ4n) is 4.94. The number of hydrogen-bond acceptors (Lipinski definition) is 5. The summed E-state index contributed by atoms with van der Waals surface area (Å²) < 4.78 is 5.55. The predicted octanol–water partition coefficient (Wildman–Crippen LogP) is 4.71. The maximum absolute atomic E-state index is 13.1. The summed E-state index contributed by atoms with van der Waals surface area (Å²) in [6.07, 6.45) is 1.54. The first-order valence-electron chi connectivity index (χ1n) is 12.2. The summed E-state index contributed by atoms with van der Waals surface area (Å²) >= 11 is 1.53. The van der Waals surface area contributed by atoms with Gasteiger partial charge in [-0.2, -0.15) is 0 Å². The molecule has 2 aromatic carbocycles. The number of alkyl carbamates (subject to hydrolysis) is 1. The Labute approximate surface area is 210 Å². The van der Waals surface area contributed by atoms with Crippen molar-refractivity contribution in [3.63, 3.8) is 0 Å². The van der Waals surface area contributed by atoms with E-state index in [1.807, 2.05) is 31.2 Å². The number of nitrogens with zero attached hydrogens (tertiary/aromatic N) is 1. The van der Waals surface area contributed by atoms with Crippen LogP contribution in [-0.4, -0.2) is 58.3 Å². The van der Waals surface area contributed by atoms with Crippen LogP contribution in [0.3, 0.4) is 0 Å². The molecule has 1 fully saturated rings. The van der Waals surface area contributed by atoms with Gasteiger partial charge in [-0.25, -0.2) is 9.59 Å². The summed E-state index contributed by atoms with van der Waals surface area (Å²) in [5, 5.41) is 12.2. The molecule has 4 rings (SSSR count). The Bertz CT molecular complexity index is 1050. The molecular weight excluding hydrogens is 464 g/mol. The zero-order valence-electron chi connectivity index (χ0n) is 20.1. The Morgan fingerprint density at radius 3 is 2.34 bits per heavy atom. The molecule has 2 aromatic rings. The fourth-order valence-corrected chi connectivity index (χ4v) is 6.46. The number of hydrogen-bond donors (Lipinski definition) is 2. The van der Waals surface area contributed by atoms with E-state index in [9.17, 15) is 19.5 Å². The normalized spacial score (nSPS) is 19.7. The smallest absolute Gasteiger partial charge is 0.407 e. The molecule has 0 spiro atoms. The predicted molar refractivity (Wildman–Crippen MR) is 136 cm³/mol. The van der Waals surface area contributed by atoms with Crippen LogP contribution in [-0.2, 0) is 14.3 Å². The van der Waals surface area contributed by atoms with Crippen molar-refractivity contribution >= 4 is 29.7 Å². The second-order valence-corrected chi connectivity index (χ2v) is 10.3. The molecule has 7 nitrogen and oxygen atoms in total. The molecule has 186 valence electrons. The highest BCUT2D eigenvalue weighted by molar-refractivity contribution is 8.00. The van der Waals surface area contributed by atoms with Crippen molar-refractivity contribution in [3.05, 3.63) is 59.7 Å². The number of carboxylic acid groups (broad SMARTS) is 1. The van der Waals surface area contributed by atoms with Crippen LogP contribution in [0.1, 0.15) is 50.2 Å². The van der Waals surface area contributed by atoms with Crippen LogP contribution in [0.25, 0.3) is 11.1 Å². The van der Waals surface area contributed by atoms with Gasteiger partial charge in [0, 0.05) is 24.1 Å². The number of carbonyl (C=O) groups excluding carboxylic acids is 2. The number of nitrogens with one attached hydrogen (secondary N) is 1. The third kappa shape index (κ3) is 5.32. The van der Waals surface area contributed by atoms with Gasteiger partial charge in [0.1, 0.15) is 12.6 Å². The van der Waals surface area contributed by atoms with Crippen LogP contribution in [0.4, 0.5) is 4.79 Å². The average molecular weight is 497 g/mol. The van der Waals surface area contributed by atoms with Crippen LogP contribution in [0.15, 0.2) is 48.5 Å². The van der Waals surface area contributed by atoms with Crippen molar-refractivity contribution in [2.75, 3.05) is 18.9 Å². The van der Waals surface area contributed by atoms with E-state index in [4.69, 9.17) is 4.74 Å². The van der Waals surface area contributed by atoms with Gasteiger partial charge in [0.25, 0.3) is 0 Å². The molecule has 35 heavy (non-hydrogen) atoms. The van der Waals surface area contributed by atoms with Gasteiger partial charge < -0.3 is 20.1 Å². The molecule has 0 saturated carbocycles. The number of ether oxygens (including phenoxy) is 1. The number of carboxylic acids is 1. The van der Waals surface area contributed by atoms with Crippen LogP contribution in [0.5, 0.6) is 0 Å². The van der Waals surface area contributed by atoms with E-state index in [2.05, 4.69) is 29.6 Å². The van der Waals surface area contributed by atoms with Gasteiger partial charge in [0.05, 0.1) is 5.37 Å². The molecule has 0 aromatic heterocycles. The van der Waals surface area contributed by atoms with E-state index in [-0.39, 0.29) is 30.4 Å². The van der Waals surface area contributed by atoms with Gasteiger partial charge in [-0.1, -0.05) is 68.8 Å². The highest BCUT2D eigenvalue weighted by Crippen LogP contribution is 2.44. The minimum Gasteiger partial charge on any atom is -0.480 e. The standard InChI is InChI=1S/C27H32N2O5S/c1-3-8-24-29(23(16-35-24)26(31)32)25(30)17(2)13-14-28-27(33)34-15-22-20-11-6-4-9-18(20)19-10-5-7-12-21(19)22/h4-7,9-12,17,22-24H,3,8,13-16H2,1-2H3,(H,28,33)(H,31,32). The number of carbonyl (C=O) groups is 3. The molecule has 1 saturated heterocycles. The maximum atomic E-state index is 13.1. The van der Waals surface area contributed by atoms with Crippen LogP contribution in [0.2, 0.25) is 0 Å².